The smallest absolute Gasteiger partial charge is 0.457 e. The molecule has 0 spiro atoms. The number of hydrogen-bond donors (Lipinski definition) is 0. The lowest BCUT2D eigenvalue weighted by atomic mass is 9.76. The SMILES string of the molecule is CC[C@@]1(OC(=O)/C=C/c2ccccc2B2OC(C)(C)C(C)(C)O2)C(=O)OCc2c1cc1n(c2=O)Cc2cc3ccccc3nc2-1. The lowest BCUT2D eigenvalue weighted by Gasteiger charge is -2.35. The van der Waals surface area contributed by atoms with E-state index in [4.69, 9.17) is 23.8 Å². The summed E-state index contributed by atoms with van der Waals surface area (Å²) in [5.74, 6) is -1.47. The maximum Gasteiger partial charge on any atom is 0.495 e. The zero-order chi connectivity index (χ0) is 31.7. The number of fused-ring (bicyclic) bond motifs is 5. The van der Waals surface area contributed by atoms with Gasteiger partial charge in [-0.2, -0.15) is 0 Å². The normalized spacial score (nSPS) is 21.0. The molecule has 1 saturated heterocycles. The lowest BCUT2D eigenvalue weighted by molar-refractivity contribution is -0.186. The Morgan fingerprint density at radius 1 is 1.02 bits per heavy atom. The predicted octanol–water partition coefficient (Wildman–Crippen LogP) is 4.64. The Labute approximate surface area is 260 Å². The van der Waals surface area contributed by atoms with E-state index in [0.29, 0.717) is 34.6 Å². The largest absolute Gasteiger partial charge is 0.495 e. The molecule has 10 heteroatoms. The first kappa shape index (κ1) is 29.2. The van der Waals surface area contributed by atoms with Gasteiger partial charge in [0.25, 0.3) is 5.56 Å². The number of rotatable bonds is 5. The zero-order valence-corrected chi connectivity index (χ0v) is 25.9. The Balaban J connectivity index is 1.23. The number of ether oxygens (including phenoxy) is 2. The van der Waals surface area contributed by atoms with Crippen molar-refractivity contribution < 1.29 is 28.4 Å². The van der Waals surface area contributed by atoms with E-state index in [1.54, 1.807) is 23.6 Å². The molecule has 0 radical (unpaired) electrons. The fourth-order valence-electron chi connectivity index (χ4n) is 6.29. The number of carbonyl (C=O) groups excluding carboxylic acids is 2. The van der Waals surface area contributed by atoms with Gasteiger partial charge >= 0.3 is 19.1 Å². The standard InChI is InChI=1S/C35H33BN2O7/c1-6-35(43-29(39)16-15-21-11-7-9-13-26(21)36-44-33(2,3)34(4,5)45-36)25-18-28-30-23(17-22-12-8-10-14-27(22)37-30)19-38(28)31(40)24(25)20-42-32(35)41/h7-18H,6,19-20H2,1-5H3/b16-15+/t35-/m0/s1. The first-order chi connectivity index (χ1) is 21.4. The van der Waals surface area contributed by atoms with Crippen molar-refractivity contribution in [3.63, 3.8) is 0 Å². The summed E-state index contributed by atoms with van der Waals surface area (Å²) in [7, 11) is -0.627. The highest BCUT2D eigenvalue weighted by Crippen LogP contribution is 2.41. The summed E-state index contributed by atoms with van der Waals surface area (Å²) in [4.78, 5) is 45.5. The van der Waals surface area contributed by atoms with Gasteiger partial charge < -0.3 is 23.3 Å². The van der Waals surface area contributed by atoms with Gasteiger partial charge in [-0.05, 0) is 69.4 Å². The zero-order valence-electron chi connectivity index (χ0n) is 25.9. The van der Waals surface area contributed by atoms with Crippen LogP contribution in [0.5, 0.6) is 0 Å². The molecular formula is C35H33BN2O7. The molecule has 45 heavy (non-hydrogen) atoms. The predicted molar refractivity (Wildman–Crippen MR) is 170 cm³/mol. The molecule has 0 unspecified atom stereocenters. The van der Waals surface area contributed by atoms with Gasteiger partial charge in [-0.15, -0.1) is 0 Å². The molecule has 228 valence electrons. The molecule has 3 aliphatic rings. The Morgan fingerprint density at radius 3 is 2.49 bits per heavy atom. The first-order valence-electron chi connectivity index (χ1n) is 15.1. The number of benzene rings is 2. The van der Waals surface area contributed by atoms with Crippen LogP contribution in [0, 0.1) is 0 Å². The number of pyridine rings is 2. The number of nitrogens with zero attached hydrogens (tertiary/aromatic N) is 2. The molecule has 2 aromatic heterocycles. The molecular weight excluding hydrogens is 571 g/mol. The second-order valence-corrected chi connectivity index (χ2v) is 12.7. The monoisotopic (exact) mass is 604 g/mol. The maximum atomic E-state index is 13.8. The molecule has 5 heterocycles. The van der Waals surface area contributed by atoms with Crippen LogP contribution in [-0.2, 0) is 47.1 Å². The van der Waals surface area contributed by atoms with Crippen molar-refractivity contribution in [1.29, 1.82) is 0 Å². The Hall–Kier alpha value is -4.54. The molecule has 0 aliphatic carbocycles. The highest BCUT2D eigenvalue weighted by atomic mass is 16.7. The molecule has 0 saturated carbocycles. The molecule has 0 bridgehead atoms. The van der Waals surface area contributed by atoms with Gasteiger partial charge in [0.2, 0.25) is 5.60 Å². The number of esters is 2. The average Bonchev–Trinajstić information content (AvgIpc) is 3.48. The minimum Gasteiger partial charge on any atom is -0.457 e. The van der Waals surface area contributed by atoms with Crippen molar-refractivity contribution >= 4 is 41.5 Å². The summed E-state index contributed by atoms with van der Waals surface area (Å²) in [6.45, 7) is 9.80. The van der Waals surface area contributed by atoms with E-state index in [1.165, 1.54) is 6.08 Å². The van der Waals surface area contributed by atoms with E-state index >= 15 is 0 Å². The van der Waals surface area contributed by atoms with Gasteiger partial charge in [-0.25, -0.2) is 14.6 Å². The number of cyclic esters (lactones) is 1. The topological polar surface area (TPSA) is 106 Å². The number of hydrogen-bond acceptors (Lipinski definition) is 8. The van der Waals surface area contributed by atoms with Gasteiger partial charge in [0.15, 0.2) is 0 Å². The third-order valence-corrected chi connectivity index (χ3v) is 9.56. The van der Waals surface area contributed by atoms with E-state index < -0.39 is 35.9 Å². The third kappa shape index (κ3) is 4.54. The van der Waals surface area contributed by atoms with Crippen LogP contribution in [0.25, 0.3) is 28.4 Å². The molecule has 9 nitrogen and oxygen atoms in total. The molecule has 1 fully saturated rings. The van der Waals surface area contributed by atoms with Crippen molar-refractivity contribution in [2.24, 2.45) is 0 Å². The van der Waals surface area contributed by atoms with Crippen molar-refractivity contribution in [3.05, 3.63) is 99.3 Å². The molecule has 1 atom stereocenters. The highest BCUT2D eigenvalue weighted by Gasteiger charge is 2.52. The molecule has 0 N–H and O–H groups in total. The van der Waals surface area contributed by atoms with Crippen LogP contribution in [0.2, 0.25) is 0 Å². The van der Waals surface area contributed by atoms with Crippen LogP contribution in [0.3, 0.4) is 0 Å². The van der Waals surface area contributed by atoms with Gasteiger partial charge in [0.1, 0.15) is 6.61 Å². The fraction of sp³-hybridized carbons (Fsp3) is 0.314. The minimum atomic E-state index is -1.80. The number of para-hydroxylation sites is 1. The van der Waals surface area contributed by atoms with Gasteiger partial charge in [-0.3, -0.25) is 4.79 Å². The summed E-state index contributed by atoms with van der Waals surface area (Å²) in [5, 5.41) is 0.976. The number of aromatic nitrogens is 2. The molecule has 2 aromatic carbocycles. The van der Waals surface area contributed by atoms with Gasteiger partial charge in [0.05, 0.1) is 40.2 Å². The summed E-state index contributed by atoms with van der Waals surface area (Å²) < 4.78 is 25.5. The maximum absolute atomic E-state index is 13.8. The van der Waals surface area contributed by atoms with Gasteiger partial charge in [0, 0.05) is 22.6 Å². The molecule has 4 aromatic rings. The van der Waals surface area contributed by atoms with Crippen molar-refractivity contribution in [1.82, 2.24) is 9.55 Å². The summed E-state index contributed by atoms with van der Waals surface area (Å²) in [5.41, 5.74) is 1.89. The van der Waals surface area contributed by atoms with E-state index in [9.17, 15) is 14.4 Å². The minimum absolute atomic E-state index is 0.0732. The van der Waals surface area contributed by atoms with Crippen LogP contribution in [0.1, 0.15) is 63.3 Å². The second-order valence-electron chi connectivity index (χ2n) is 12.7. The molecule has 0 amide bonds. The van der Waals surface area contributed by atoms with Crippen molar-refractivity contribution in [2.45, 2.75) is 71.0 Å². The van der Waals surface area contributed by atoms with Crippen LogP contribution < -0.4 is 11.0 Å². The Morgan fingerprint density at radius 2 is 1.73 bits per heavy atom. The van der Waals surface area contributed by atoms with E-state index in [2.05, 4.69) is 0 Å². The quantitative estimate of drug-likeness (QED) is 0.162. The van der Waals surface area contributed by atoms with Crippen LogP contribution in [0.4, 0.5) is 0 Å². The Bertz CT molecular complexity index is 1980. The van der Waals surface area contributed by atoms with Crippen LogP contribution in [0.15, 0.2) is 71.5 Å². The second kappa shape index (κ2) is 10.3. The number of carbonyl (C=O) groups is 2. The van der Waals surface area contributed by atoms with E-state index in [1.807, 2.05) is 82.3 Å². The van der Waals surface area contributed by atoms with E-state index in [0.717, 1.165) is 21.9 Å². The average molecular weight is 604 g/mol. The fourth-order valence-corrected chi connectivity index (χ4v) is 6.29. The van der Waals surface area contributed by atoms with Crippen molar-refractivity contribution in [2.75, 3.05) is 0 Å². The summed E-state index contributed by atoms with van der Waals surface area (Å²) >= 11 is 0. The Kier molecular flexibility index (Phi) is 6.65. The van der Waals surface area contributed by atoms with Crippen LogP contribution in [-0.4, -0.2) is 39.8 Å². The molecule has 3 aliphatic heterocycles. The summed E-state index contributed by atoms with van der Waals surface area (Å²) in [6.07, 6.45) is 2.96. The highest BCUT2D eigenvalue weighted by molar-refractivity contribution is 6.63. The third-order valence-electron chi connectivity index (χ3n) is 9.56. The van der Waals surface area contributed by atoms with Crippen LogP contribution >= 0.6 is 0 Å². The lowest BCUT2D eigenvalue weighted by Crippen LogP contribution is -2.47. The van der Waals surface area contributed by atoms with Crippen molar-refractivity contribution in [3.8, 4) is 11.4 Å². The first-order valence-corrected chi connectivity index (χ1v) is 15.1. The summed E-state index contributed by atoms with van der Waals surface area (Å²) in [6, 6.07) is 19.0. The van der Waals surface area contributed by atoms with E-state index in [-0.39, 0.29) is 18.6 Å². The van der Waals surface area contributed by atoms with Gasteiger partial charge in [-0.1, -0.05) is 49.4 Å². The molecule has 7 rings (SSSR count).